The van der Waals surface area contributed by atoms with Crippen molar-refractivity contribution in [3.05, 3.63) is 0 Å². The van der Waals surface area contributed by atoms with E-state index in [-0.39, 0.29) is 0 Å². The van der Waals surface area contributed by atoms with E-state index < -0.39 is 14.4 Å². The van der Waals surface area contributed by atoms with E-state index in [1.807, 2.05) is 0 Å². The van der Waals surface area contributed by atoms with E-state index in [9.17, 15) is 4.57 Å². The minimum atomic E-state index is -4.41. The highest BCUT2D eigenvalue weighted by Gasteiger charge is 2.10. The molecule has 0 aromatic rings. The largest absolute Gasteiger partial charge is 0.469 e. The normalized spacial score (nSPS) is 18.4. The summed E-state index contributed by atoms with van der Waals surface area (Å²) in [7, 11) is -4.41. The smallest absolute Gasteiger partial charge is 0.303 e. The van der Waals surface area contributed by atoms with Crippen molar-refractivity contribution in [1.29, 1.82) is 0 Å². The molecular weight excluding hydrogens is 119 g/mol. The highest BCUT2D eigenvalue weighted by atomic mass is 31.2. The van der Waals surface area contributed by atoms with Gasteiger partial charge in [-0.05, 0) is 6.92 Å². The van der Waals surface area contributed by atoms with Crippen LogP contribution in [-0.4, -0.2) is 16.4 Å². The van der Waals surface area contributed by atoms with Gasteiger partial charge in [-0.3, -0.25) is 4.52 Å². The summed E-state index contributed by atoms with van der Waals surface area (Å²) in [5.74, 6) is 0. The van der Waals surface area contributed by atoms with Gasteiger partial charge in [-0.2, -0.15) is 0 Å². The van der Waals surface area contributed by atoms with E-state index in [1.54, 1.807) is 0 Å². The summed E-state index contributed by atoms with van der Waals surface area (Å²) in [6.45, 7) is 0.0508. The molecule has 4 nitrogen and oxygen atoms in total. The Morgan fingerprint density at radius 2 is 2.43 bits per heavy atom. The van der Waals surface area contributed by atoms with Crippen LogP contribution in [0.15, 0.2) is 0 Å². The van der Waals surface area contributed by atoms with Gasteiger partial charge in [-0.25, -0.2) is 4.57 Å². The minimum Gasteiger partial charge on any atom is -0.303 e. The molecule has 0 aliphatic heterocycles. The molecule has 0 radical (unpaired) electrons. The van der Waals surface area contributed by atoms with Gasteiger partial charge in [0.25, 0.3) is 0 Å². The van der Waals surface area contributed by atoms with Crippen LogP contribution >= 0.6 is 7.82 Å². The Balaban J connectivity index is 3.56. The Hall–Kier alpha value is 0.110. The first-order chi connectivity index (χ1) is 3.42. The van der Waals surface area contributed by atoms with Gasteiger partial charge in [0, 0.05) is 0 Å². The standard InChI is InChI=1S/C2H7O4P/c1-2-6-7(3,4)5/h2H2,1H3,(H2,3,4,5)/i2D. The maximum absolute atomic E-state index is 9.79. The predicted octanol–water partition coefficient (Wildman–Crippen LogP) is 0.116. The summed E-state index contributed by atoms with van der Waals surface area (Å²) in [5.41, 5.74) is 0. The van der Waals surface area contributed by atoms with Gasteiger partial charge < -0.3 is 9.79 Å². The molecule has 0 aliphatic rings. The van der Waals surface area contributed by atoms with Crippen molar-refractivity contribution >= 4 is 7.82 Å². The van der Waals surface area contributed by atoms with Gasteiger partial charge >= 0.3 is 7.82 Å². The van der Waals surface area contributed by atoms with Gasteiger partial charge in [0.05, 0.1) is 7.95 Å². The molecule has 0 amide bonds. The Labute approximate surface area is 42.8 Å². The number of hydrogen-bond acceptors (Lipinski definition) is 2. The van der Waals surface area contributed by atoms with E-state index in [4.69, 9.17) is 11.2 Å². The van der Waals surface area contributed by atoms with Gasteiger partial charge in [0.15, 0.2) is 0 Å². The van der Waals surface area contributed by atoms with Crippen LogP contribution in [0.25, 0.3) is 0 Å². The van der Waals surface area contributed by atoms with Crippen LogP contribution in [0.3, 0.4) is 0 Å². The number of rotatable bonds is 2. The average molecular weight is 127 g/mol. The second kappa shape index (κ2) is 2.43. The van der Waals surface area contributed by atoms with Crippen LogP contribution in [0.4, 0.5) is 0 Å². The fraction of sp³-hybridized carbons (Fsp3) is 1.00. The molecule has 5 heteroatoms. The van der Waals surface area contributed by atoms with Crippen LogP contribution in [0.1, 0.15) is 8.29 Å². The Morgan fingerprint density at radius 1 is 2.00 bits per heavy atom. The van der Waals surface area contributed by atoms with E-state index in [0.717, 1.165) is 0 Å². The molecule has 0 rings (SSSR count). The summed E-state index contributed by atoms with van der Waals surface area (Å²) in [4.78, 5) is 15.9. The molecular formula is C2H7O4P. The Kier molecular flexibility index (Phi) is 1.82. The van der Waals surface area contributed by atoms with Crippen molar-refractivity contribution in [3.63, 3.8) is 0 Å². The zero-order valence-corrected chi connectivity index (χ0v) is 4.63. The zero-order chi connectivity index (χ0) is 6.78. The van der Waals surface area contributed by atoms with Crippen molar-refractivity contribution in [2.24, 2.45) is 0 Å². The van der Waals surface area contributed by atoms with Crippen molar-refractivity contribution in [2.45, 2.75) is 6.92 Å². The van der Waals surface area contributed by atoms with Crippen LogP contribution in [-0.2, 0) is 9.09 Å². The monoisotopic (exact) mass is 127 g/mol. The lowest BCUT2D eigenvalue weighted by Gasteiger charge is -1.98. The second-order valence-corrected chi connectivity index (χ2v) is 2.02. The average Bonchev–Trinajstić information content (AvgIpc) is 1.21. The topological polar surface area (TPSA) is 66.8 Å². The highest BCUT2D eigenvalue weighted by molar-refractivity contribution is 7.46. The van der Waals surface area contributed by atoms with E-state index in [1.165, 1.54) is 6.92 Å². The maximum atomic E-state index is 9.79. The lowest BCUT2D eigenvalue weighted by molar-refractivity contribution is 0.206. The van der Waals surface area contributed by atoms with Gasteiger partial charge in [-0.15, -0.1) is 0 Å². The molecule has 0 fully saturated rings. The SMILES string of the molecule is [2H]C(C)OP(=O)(O)O. The third kappa shape index (κ3) is 6.11. The third-order valence-electron chi connectivity index (χ3n) is 0.243. The summed E-state index contributed by atoms with van der Waals surface area (Å²) in [6, 6.07) is 0. The first-order valence-corrected chi connectivity index (χ1v) is 3.11. The number of hydrogen-bond donors (Lipinski definition) is 2. The molecule has 0 aromatic heterocycles. The predicted molar refractivity (Wildman–Crippen MR) is 23.7 cm³/mol. The highest BCUT2D eigenvalue weighted by Crippen LogP contribution is 2.34. The van der Waals surface area contributed by atoms with Crippen molar-refractivity contribution < 1.29 is 20.2 Å². The number of phosphoric ester groups is 1. The lowest BCUT2D eigenvalue weighted by Crippen LogP contribution is -1.84. The Morgan fingerprint density at radius 3 is 2.43 bits per heavy atom. The maximum Gasteiger partial charge on any atom is 0.469 e. The molecule has 0 saturated heterocycles. The third-order valence-corrected chi connectivity index (χ3v) is 0.728. The molecule has 7 heavy (non-hydrogen) atoms. The fourth-order valence-electron chi connectivity index (χ4n) is 0.137. The summed E-state index contributed by atoms with van der Waals surface area (Å²) in [5, 5.41) is 0. The van der Waals surface area contributed by atoms with E-state index in [0.29, 0.717) is 0 Å². The minimum absolute atomic E-state index is 1.17. The molecule has 0 bridgehead atoms. The summed E-state index contributed by atoms with van der Waals surface area (Å²) >= 11 is 0. The van der Waals surface area contributed by atoms with E-state index in [2.05, 4.69) is 4.52 Å². The second-order valence-electron chi connectivity index (χ2n) is 0.832. The lowest BCUT2D eigenvalue weighted by atomic mass is 10.9. The molecule has 1 atom stereocenters. The van der Waals surface area contributed by atoms with Crippen molar-refractivity contribution in [3.8, 4) is 0 Å². The molecule has 0 aliphatic carbocycles. The molecule has 1 unspecified atom stereocenters. The first-order valence-electron chi connectivity index (χ1n) is 2.16. The molecule has 0 saturated carbocycles. The fourth-order valence-corrected chi connectivity index (χ4v) is 0.412. The van der Waals surface area contributed by atoms with Crippen LogP contribution in [0.5, 0.6) is 0 Å². The summed E-state index contributed by atoms with van der Waals surface area (Å²) in [6.07, 6.45) is 0. The molecule has 44 valence electrons. The first kappa shape index (κ1) is 5.25. The van der Waals surface area contributed by atoms with Crippen LogP contribution in [0.2, 0.25) is 0 Å². The molecule has 0 heterocycles. The Bertz CT molecular complexity index is 107. The van der Waals surface area contributed by atoms with Crippen molar-refractivity contribution in [1.82, 2.24) is 0 Å². The molecule has 0 spiro atoms. The zero-order valence-electron chi connectivity index (χ0n) is 4.74. The summed E-state index contributed by atoms with van der Waals surface area (Å²) < 4.78 is 20.1. The van der Waals surface area contributed by atoms with Crippen LogP contribution < -0.4 is 0 Å². The number of phosphoric acid groups is 1. The van der Waals surface area contributed by atoms with Crippen molar-refractivity contribution in [2.75, 3.05) is 6.58 Å². The van der Waals surface area contributed by atoms with E-state index >= 15 is 0 Å². The van der Waals surface area contributed by atoms with Gasteiger partial charge in [0.1, 0.15) is 0 Å². The van der Waals surface area contributed by atoms with Gasteiger partial charge in [0.2, 0.25) is 0 Å². The van der Waals surface area contributed by atoms with Gasteiger partial charge in [-0.1, -0.05) is 0 Å². The molecule has 0 aromatic carbocycles. The van der Waals surface area contributed by atoms with Crippen LogP contribution in [0, 0.1) is 0 Å². The molecule has 2 N–H and O–H groups in total. The quantitative estimate of drug-likeness (QED) is 0.517.